The second-order valence-corrected chi connectivity index (χ2v) is 3.90. The fourth-order valence-electron chi connectivity index (χ4n) is 1.53. The molecule has 0 saturated carbocycles. The van der Waals surface area contributed by atoms with Crippen molar-refractivity contribution in [1.82, 2.24) is 9.55 Å². The van der Waals surface area contributed by atoms with Gasteiger partial charge in [0.2, 0.25) is 0 Å². The molecule has 0 aliphatic rings. The summed E-state index contributed by atoms with van der Waals surface area (Å²) in [6.45, 7) is 6.02. The highest BCUT2D eigenvalue weighted by Gasteiger charge is 1.99. The van der Waals surface area contributed by atoms with E-state index >= 15 is 0 Å². The Labute approximate surface area is 94.6 Å². The van der Waals surface area contributed by atoms with Crippen molar-refractivity contribution in [3.63, 3.8) is 0 Å². The highest BCUT2D eigenvalue weighted by molar-refractivity contribution is 5.00. The number of aryl methyl sites for hydroxylation is 2. The Hall–Kier alpha value is -1.58. The van der Waals surface area contributed by atoms with Gasteiger partial charge in [0.1, 0.15) is 0 Å². The minimum atomic E-state index is -0.320. The van der Waals surface area contributed by atoms with E-state index in [1.165, 1.54) is 0 Å². The van der Waals surface area contributed by atoms with E-state index in [4.69, 9.17) is 0 Å². The summed E-state index contributed by atoms with van der Waals surface area (Å²) < 4.78 is 1.56. The lowest BCUT2D eigenvalue weighted by Crippen LogP contribution is -2.30. The van der Waals surface area contributed by atoms with Crippen molar-refractivity contribution in [2.75, 3.05) is 0 Å². The van der Waals surface area contributed by atoms with Gasteiger partial charge in [-0.2, -0.15) is 0 Å². The molecule has 0 radical (unpaired) electrons. The van der Waals surface area contributed by atoms with Crippen molar-refractivity contribution in [3.05, 3.63) is 45.3 Å². The number of H-pyrrole nitrogens is 1. The molecule has 1 rings (SSSR count). The van der Waals surface area contributed by atoms with Crippen LogP contribution in [0.1, 0.15) is 31.2 Å². The summed E-state index contributed by atoms with van der Waals surface area (Å²) in [5, 5.41) is 0. The summed E-state index contributed by atoms with van der Waals surface area (Å²) in [6, 6.07) is 0. The van der Waals surface area contributed by atoms with E-state index in [1.54, 1.807) is 17.7 Å². The zero-order valence-corrected chi connectivity index (χ0v) is 9.66. The minimum absolute atomic E-state index is 0.298. The molecular formula is C12H18N2O2. The number of nitrogens with zero attached hydrogens (tertiary/aromatic N) is 1. The van der Waals surface area contributed by atoms with Crippen molar-refractivity contribution >= 4 is 0 Å². The quantitative estimate of drug-likeness (QED) is 0.587. The van der Waals surface area contributed by atoms with Gasteiger partial charge >= 0.3 is 5.69 Å². The van der Waals surface area contributed by atoms with Crippen LogP contribution in [-0.4, -0.2) is 9.55 Å². The van der Waals surface area contributed by atoms with Gasteiger partial charge in [0.15, 0.2) is 0 Å². The van der Waals surface area contributed by atoms with Crippen LogP contribution in [0.4, 0.5) is 0 Å². The third-order valence-corrected chi connectivity index (χ3v) is 2.50. The lowest BCUT2D eigenvalue weighted by atomic mass is 10.2. The molecule has 4 heteroatoms. The molecule has 1 heterocycles. The summed E-state index contributed by atoms with van der Waals surface area (Å²) in [4.78, 5) is 24.8. The van der Waals surface area contributed by atoms with Crippen LogP contribution in [0.5, 0.6) is 0 Å². The number of unbranched alkanes of at least 4 members (excludes halogenated alkanes) is 3. The molecular weight excluding hydrogens is 204 g/mol. The van der Waals surface area contributed by atoms with Gasteiger partial charge in [0.05, 0.1) is 0 Å². The first-order chi connectivity index (χ1) is 7.65. The van der Waals surface area contributed by atoms with Gasteiger partial charge in [-0.1, -0.05) is 12.5 Å². The van der Waals surface area contributed by atoms with Gasteiger partial charge in [0.25, 0.3) is 5.56 Å². The van der Waals surface area contributed by atoms with E-state index in [1.807, 2.05) is 6.08 Å². The molecule has 1 aromatic heterocycles. The van der Waals surface area contributed by atoms with Crippen LogP contribution in [0, 0.1) is 6.92 Å². The first kappa shape index (κ1) is 12.5. The molecule has 4 nitrogen and oxygen atoms in total. The highest BCUT2D eigenvalue weighted by atomic mass is 16.2. The second-order valence-electron chi connectivity index (χ2n) is 3.90. The predicted molar refractivity (Wildman–Crippen MR) is 64.7 cm³/mol. The molecule has 1 aromatic rings. The second kappa shape index (κ2) is 6.10. The molecule has 0 aliphatic heterocycles. The zero-order chi connectivity index (χ0) is 12.0. The van der Waals surface area contributed by atoms with Crippen molar-refractivity contribution in [2.24, 2.45) is 0 Å². The molecule has 0 aromatic carbocycles. The molecule has 16 heavy (non-hydrogen) atoms. The zero-order valence-electron chi connectivity index (χ0n) is 9.66. The number of hydrogen-bond donors (Lipinski definition) is 1. The lowest BCUT2D eigenvalue weighted by Gasteiger charge is -2.05. The monoisotopic (exact) mass is 222 g/mol. The molecule has 88 valence electrons. The average Bonchev–Trinajstić information content (AvgIpc) is 2.25. The van der Waals surface area contributed by atoms with Crippen LogP contribution in [-0.2, 0) is 6.54 Å². The fourth-order valence-corrected chi connectivity index (χ4v) is 1.53. The maximum absolute atomic E-state index is 11.4. The molecule has 0 atom stereocenters. The van der Waals surface area contributed by atoms with Crippen molar-refractivity contribution in [2.45, 2.75) is 39.2 Å². The fraction of sp³-hybridized carbons (Fsp3) is 0.500. The first-order valence-electron chi connectivity index (χ1n) is 5.56. The number of allylic oxidation sites excluding steroid dienone is 1. The van der Waals surface area contributed by atoms with Gasteiger partial charge < -0.3 is 4.57 Å². The molecule has 1 N–H and O–H groups in total. The molecule has 0 unspecified atom stereocenters. The van der Waals surface area contributed by atoms with E-state index in [2.05, 4.69) is 11.6 Å². The molecule has 0 amide bonds. The Bertz CT molecular complexity index is 457. The van der Waals surface area contributed by atoms with Gasteiger partial charge in [-0.15, -0.1) is 6.58 Å². The molecule has 0 aliphatic carbocycles. The summed E-state index contributed by atoms with van der Waals surface area (Å²) in [7, 11) is 0. The van der Waals surface area contributed by atoms with Crippen LogP contribution < -0.4 is 11.2 Å². The van der Waals surface area contributed by atoms with Gasteiger partial charge in [0, 0.05) is 18.3 Å². The number of rotatable bonds is 6. The van der Waals surface area contributed by atoms with Gasteiger partial charge in [-0.05, 0) is 26.2 Å². The van der Waals surface area contributed by atoms with Crippen LogP contribution in [0.2, 0.25) is 0 Å². The topological polar surface area (TPSA) is 54.9 Å². The molecule has 0 fully saturated rings. The minimum Gasteiger partial charge on any atom is -0.300 e. The molecule has 0 saturated heterocycles. The smallest absolute Gasteiger partial charge is 0.300 e. The Morgan fingerprint density at radius 3 is 2.81 bits per heavy atom. The maximum Gasteiger partial charge on any atom is 0.328 e. The predicted octanol–water partition coefficient (Wildman–Crippen LogP) is 1.59. The van der Waals surface area contributed by atoms with Crippen LogP contribution >= 0.6 is 0 Å². The summed E-state index contributed by atoms with van der Waals surface area (Å²) in [6.07, 6.45) is 7.64. The van der Waals surface area contributed by atoms with E-state index in [-0.39, 0.29) is 11.2 Å². The van der Waals surface area contributed by atoms with Crippen LogP contribution in [0.15, 0.2) is 28.4 Å². The Morgan fingerprint density at radius 1 is 1.38 bits per heavy atom. The first-order valence-corrected chi connectivity index (χ1v) is 5.56. The third kappa shape index (κ3) is 3.53. The lowest BCUT2D eigenvalue weighted by molar-refractivity contribution is 0.564. The van der Waals surface area contributed by atoms with Crippen LogP contribution in [0.25, 0.3) is 0 Å². The largest absolute Gasteiger partial charge is 0.328 e. The maximum atomic E-state index is 11.4. The normalized spacial score (nSPS) is 10.3. The number of aromatic nitrogens is 2. The molecule has 0 bridgehead atoms. The molecule has 0 spiro atoms. The SMILES string of the molecule is C=CCCCCCn1cc(C)c(=O)[nH]c1=O. The number of hydrogen-bond acceptors (Lipinski definition) is 2. The van der Waals surface area contributed by atoms with Crippen molar-refractivity contribution in [3.8, 4) is 0 Å². The van der Waals surface area contributed by atoms with E-state index in [0.29, 0.717) is 12.1 Å². The third-order valence-electron chi connectivity index (χ3n) is 2.50. The summed E-state index contributed by atoms with van der Waals surface area (Å²) in [5.74, 6) is 0. The Kier molecular flexibility index (Phi) is 4.76. The van der Waals surface area contributed by atoms with E-state index < -0.39 is 0 Å². The van der Waals surface area contributed by atoms with E-state index in [0.717, 1.165) is 25.7 Å². The van der Waals surface area contributed by atoms with Crippen molar-refractivity contribution in [1.29, 1.82) is 0 Å². The van der Waals surface area contributed by atoms with Gasteiger partial charge in [-0.25, -0.2) is 4.79 Å². The highest BCUT2D eigenvalue weighted by Crippen LogP contribution is 2.01. The average molecular weight is 222 g/mol. The van der Waals surface area contributed by atoms with Crippen molar-refractivity contribution < 1.29 is 0 Å². The summed E-state index contributed by atoms with van der Waals surface area (Å²) in [5.41, 5.74) is -0.0436. The Morgan fingerprint density at radius 2 is 2.12 bits per heavy atom. The van der Waals surface area contributed by atoms with Crippen LogP contribution in [0.3, 0.4) is 0 Å². The number of nitrogens with one attached hydrogen (secondary N) is 1. The Balaban J connectivity index is 2.54. The van der Waals surface area contributed by atoms with E-state index in [9.17, 15) is 9.59 Å². The standard InChI is InChI=1S/C12H18N2O2/c1-3-4-5-6-7-8-14-9-10(2)11(15)13-12(14)16/h3,9H,1,4-8H2,2H3,(H,13,15,16). The number of aromatic amines is 1. The van der Waals surface area contributed by atoms with Gasteiger partial charge in [-0.3, -0.25) is 9.78 Å². The summed E-state index contributed by atoms with van der Waals surface area (Å²) >= 11 is 0.